The van der Waals surface area contributed by atoms with Gasteiger partial charge in [-0.05, 0) is 28.1 Å². The molecule has 3 aromatic rings. The van der Waals surface area contributed by atoms with E-state index in [1.165, 1.54) is 10.6 Å². The molecule has 0 aliphatic heterocycles. The van der Waals surface area contributed by atoms with E-state index in [0.29, 0.717) is 27.5 Å². The maximum Gasteiger partial charge on any atom is 0.272 e. The maximum absolute atomic E-state index is 11.8. The second-order valence-electron chi connectivity index (χ2n) is 3.76. The van der Waals surface area contributed by atoms with Crippen LogP contribution in [-0.4, -0.2) is 14.6 Å². The Balaban J connectivity index is 2.22. The molecule has 7 heteroatoms. The Morgan fingerprint density at radius 3 is 2.94 bits per heavy atom. The summed E-state index contributed by atoms with van der Waals surface area (Å²) in [6.45, 7) is 0.235. The molecule has 3 N–H and O–H groups in total. The van der Waals surface area contributed by atoms with Crippen molar-refractivity contribution < 1.29 is 4.42 Å². The quantitative estimate of drug-likeness (QED) is 0.751. The lowest BCUT2D eigenvalue weighted by molar-refractivity contribution is 0.553. The van der Waals surface area contributed by atoms with E-state index in [1.807, 2.05) is 0 Å². The van der Waals surface area contributed by atoms with Crippen LogP contribution in [0.2, 0.25) is 0 Å². The average molecular weight is 309 g/mol. The smallest absolute Gasteiger partial charge is 0.272 e. The molecule has 3 rings (SSSR count). The Bertz CT molecular complexity index is 771. The molecule has 0 atom stereocenters. The van der Waals surface area contributed by atoms with Crippen molar-refractivity contribution in [3.8, 4) is 11.5 Å². The zero-order valence-electron chi connectivity index (χ0n) is 9.18. The van der Waals surface area contributed by atoms with Crippen LogP contribution in [0.25, 0.3) is 17.1 Å². The first-order valence-electron chi connectivity index (χ1n) is 5.25. The number of aromatic amines is 1. The molecular formula is C11H9BrN4O2. The van der Waals surface area contributed by atoms with Crippen LogP contribution in [-0.2, 0) is 6.54 Å². The molecule has 0 saturated heterocycles. The molecule has 6 nitrogen and oxygen atoms in total. The molecule has 0 aliphatic rings. The van der Waals surface area contributed by atoms with Crippen LogP contribution in [0, 0.1) is 0 Å². The third kappa shape index (κ3) is 1.77. The first-order chi connectivity index (χ1) is 8.67. The van der Waals surface area contributed by atoms with Gasteiger partial charge in [0.05, 0.1) is 5.69 Å². The largest absolute Gasteiger partial charge is 0.448 e. The predicted octanol–water partition coefficient (Wildman–Crippen LogP) is 1.50. The van der Waals surface area contributed by atoms with Crippen molar-refractivity contribution in [1.82, 2.24) is 14.6 Å². The van der Waals surface area contributed by atoms with Gasteiger partial charge < -0.3 is 10.2 Å². The van der Waals surface area contributed by atoms with E-state index in [9.17, 15) is 4.79 Å². The molecule has 0 fully saturated rings. The second-order valence-corrected chi connectivity index (χ2v) is 4.54. The van der Waals surface area contributed by atoms with Gasteiger partial charge in [0.15, 0.2) is 16.1 Å². The molecule has 0 saturated carbocycles. The van der Waals surface area contributed by atoms with E-state index in [4.69, 9.17) is 10.2 Å². The second kappa shape index (κ2) is 4.11. The molecule has 18 heavy (non-hydrogen) atoms. The highest BCUT2D eigenvalue weighted by Gasteiger charge is 2.09. The van der Waals surface area contributed by atoms with Gasteiger partial charge in [-0.25, -0.2) is 9.50 Å². The van der Waals surface area contributed by atoms with Gasteiger partial charge in [-0.15, -0.1) is 0 Å². The Hall–Kier alpha value is -1.86. The molecule has 0 spiro atoms. The zero-order valence-corrected chi connectivity index (χ0v) is 10.8. The van der Waals surface area contributed by atoms with Gasteiger partial charge in [0.2, 0.25) is 0 Å². The number of nitrogens with two attached hydrogens (primary N) is 1. The van der Waals surface area contributed by atoms with Gasteiger partial charge in [-0.3, -0.25) is 9.89 Å². The summed E-state index contributed by atoms with van der Waals surface area (Å²) in [7, 11) is 0. The minimum Gasteiger partial charge on any atom is -0.448 e. The predicted molar refractivity (Wildman–Crippen MR) is 69.1 cm³/mol. The van der Waals surface area contributed by atoms with E-state index >= 15 is 0 Å². The summed E-state index contributed by atoms with van der Waals surface area (Å²) in [6.07, 6.45) is 0. The topological polar surface area (TPSA) is 89.3 Å². The van der Waals surface area contributed by atoms with Crippen molar-refractivity contribution in [2.75, 3.05) is 0 Å². The highest BCUT2D eigenvalue weighted by Crippen LogP contribution is 2.24. The minimum absolute atomic E-state index is 0.197. The minimum atomic E-state index is -0.197. The number of nitrogens with one attached hydrogen (secondary N) is 1. The van der Waals surface area contributed by atoms with Crippen LogP contribution in [0.15, 0.2) is 38.1 Å². The number of rotatable bonds is 2. The highest BCUT2D eigenvalue weighted by molar-refractivity contribution is 9.10. The highest BCUT2D eigenvalue weighted by atomic mass is 79.9. The van der Waals surface area contributed by atoms with E-state index in [0.717, 1.165) is 0 Å². The molecule has 0 aromatic carbocycles. The van der Waals surface area contributed by atoms with Gasteiger partial charge in [-0.1, -0.05) is 0 Å². The van der Waals surface area contributed by atoms with Crippen molar-refractivity contribution in [3.63, 3.8) is 0 Å². The monoisotopic (exact) mass is 308 g/mol. The van der Waals surface area contributed by atoms with Crippen molar-refractivity contribution in [1.29, 1.82) is 0 Å². The number of halogens is 1. The van der Waals surface area contributed by atoms with Crippen LogP contribution in [0.1, 0.15) is 5.69 Å². The Labute approximate surface area is 110 Å². The van der Waals surface area contributed by atoms with E-state index in [1.54, 1.807) is 18.2 Å². The summed E-state index contributed by atoms with van der Waals surface area (Å²) in [6, 6.07) is 6.73. The van der Waals surface area contributed by atoms with Gasteiger partial charge in [0.25, 0.3) is 5.56 Å². The summed E-state index contributed by atoms with van der Waals surface area (Å²) in [5.41, 5.74) is 7.05. The number of H-pyrrole nitrogens is 1. The Morgan fingerprint density at radius 2 is 2.28 bits per heavy atom. The fourth-order valence-corrected chi connectivity index (χ4v) is 2.04. The molecule has 0 unspecified atom stereocenters. The maximum atomic E-state index is 11.8. The lowest BCUT2D eigenvalue weighted by Gasteiger charge is -1.95. The summed E-state index contributed by atoms with van der Waals surface area (Å²) >= 11 is 3.23. The van der Waals surface area contributed by atoms with Crippen molar-refractivity contribution in [2.24, 2.45) is 5.73 Å². The fourth-order valence-electron chi connectivity index (χ4n) is 1.73. The number of hydrogen-bond acceptors (Lipinski definition) is 4. The van der Waals surface area contributed by atoms with Crippen molar-refractivity contribution in [2.45, 2.75) is 6.54 Å². The summed E-state index contributed by atoms with van der Waals surface area (Å²) < 4.78 is 7.39. The normalized spacial score (nSPS) is 11.2. The van der Waals surface area contributed by atoms with E-state index in [-0.39, 0.29) is 12.1 Å². The molecule has 0 aliphatic carbocycles. The number of nitrogens with zero attached hydrogens (tertiary/aromatic N) is 2. The lowest BCUT2D eigenvalue weighted by Crippen LogP contribution is -2.16. The van der Waals surface area contributed by atoms with Gasteiger partial charge in [0, 0.05) is 18.7 Å². The van der Waals surface area contributed by atoms with E-state index < -0.39 is 0 Å². The van der Waals surface area contributed by atoms with Gasteiger partial charge in [0.1, 0.15) is 5.69 Å². The SMILES string of the molecule is NCc1cc(=O)n2[nH]c(-c3ccc(Br)o3)cc2n1. The fraction of sp³-hybridized carbons (Fsp3) is 0.0909. The number of hydrogen-bond donors (Lipinski definition) is 2. The first-order valence-corrected chi connectivity index (χ1v) is 6.04. The standard InChI is InChI=1S/C11H9BrN4O2/c12-9-2-1-8(18-9)7-4-10-14-6(5-13)3-11(17)16(10)15-7/h1-4,15H,5,13H2. The zero-order chi connectivity index (χ0) is 12.7. The van der Waals surface area contributed by atoms with Crippen LogP contribution in [0.5, 0.6) is 0 Å². The summed E-state index contributed by atoms with van der Waals surface area (Å²) in [4.78, 5) is 16.1. The van der Waals surface area contributed by atoms with Crippen LogP contribution in [0.4, 0.5) is 0 Å². The Morgan fingerprint density at radius 1 is 1.44 bits per heavy atom. The van der Waals surface area contributed by atoms with Crippen molar-refractivity contribution in [3.05, 3.63) is 45.0 Å². The lowest BCUT2D eigenvalue weighted by atomic mass is 10.3. The molecule has 0 amide bonds. The van der Waals surface area contributed by atoms with Crippen LogP contribution < -0.4 is 11.3 Å². The molecule has 3 aromatic heterocycles. The van der Waals surface area contributed by atoms with Crippen LogP contribution >= 0.6 is 15.9 Å². The number of aromatic nitrogens is 3. The molecule has 0 bridgehead atoms. The number of fused-ring (bicyclic) bond motifs is 1. The van der Waals surface area contributed by atoms with Crippen LogP contribution in [0.3, 0.4) is 0 Å². The first kappa shape index (κ1) is 11.2. The number of furan rings is 1. The van der Waals surface area contributed by atoms with Gasteiger partial charge in [-0.2, -0.15) is 0 Å². The third-order valence-electron chi connectivity index (χ3n) is 2.55. The molecule has 92 valence electrons. The van der Waals surface area contributed by atoms with Gasteiger partial charge >= 0.3 is 0 Å². The third-order valence-corrected chi connectivity index (χ3v) is 2.98. The Kier molecular flexibility index (Phi) is 2.57. The van der Waals surface area contributed by atoms with Crippen molar-refractivity contribution >= 4 is 21.6 Å². The summed E-state index contributed by atoms with van der Waals surface area (Å²) in [5, 5.41) is 2.93. The van der Waals surface area contributed by atoms with E-state index in [2.05, 4.69) is 26.0 Å². The molecule has 0 radical (unpaired) electrons. The summed E-state index contributed by atoms with van der Waals surface area (Å²) in [5.74, 6) is 0.626. The molecular weight excluding hydrogens is 300 g/mol. The molecule has 3 heterocycles. The average Bonchev–Trinajstić information content (AvgIpc) is 2.94.